The summed E-state index contributed by atoms with van der Waals surface area (Å²) in [5, 5.41) is 9.21. The van der Waals surface area contributed by atoms with Crippen molar-refractivity contribution in [2.24, 2.45) is 0 Å². The van der Waals surface area contributed by atoms with E-state index in [1.807, 2.05) is 6.92 Å². The molecular weight excluding hydrogens is 220 g/mol. The quantitative estimate of drug-likeness (QED) is 0.503. The highest BCUT2D eigenvalue weighted by molar-refractivity contribution is 7.85. The maximum atomic E-state index is 10.4. The van der Waals surface area contributed by atoms with Crippen LogP contribution in [0.2, 0.25) is 0 Å². The van der Waals surface area contributed by atoms with Crippen molar-refractivity contribution in [3.63, 3.8) is 0 Å². The van der Waals surface area contributed by atoms with Gasteiger partial charge in [-0.15, -0.1) is 6.42 Å². The van der Waals surface area contributed by atoms with Crippen LogP contribution in [0.1, 0.15) is 20.3 Å². The first kappa shape index (κ1) is 14.4. The molecule has 15 heavy (non-hydrogen) atoms. The minimum atomic E-state index is -4.19. The third kappa shape index (κ3) is 6.47. The maximum absolute atomic E-state index is 10.4. The summed E-state index contributed by atoms with van der Waals surface area (Å²) >= 11 is 0. The van der Waals surface area contributed by atoms with Crippen LogP contribution in [0.25, 0.3) is 0 Å². The van der Waals surface area contributed by atoms with E-state index in [0.717, 1.165) is 0 Å². The van der Waals surface area contributed by atoms with Crippen molar-refractivity contribution in [1.29, 1.82) is 0 Å². The summed E-state index contributed by atoms with van der Waals surface area (Å²) in [6.07, 6.45) is 4.47. The Morgan fingerprint density at radius 1 is 1.60 bits per heavy atom. The van der Waals surface area contributed by atoms with Crippen molar-refractivity contribution < 1.29 is 22.8 Å². The molecule has 0 aromatic carbocycles. The summed E-state index contributed by atoms with van der Waals surface area (Å²) < 4.78 is 34.4. The summed E-state index contributed by atoms with van der Waals surface area (Å²) in [6.45, 7) is 3.25. The molecule has 5 nitrogen and oxygen atoms in total. The lowest BCUT2D eigenvalue weighted by atomic mass is 10.1. The van der Waals surface area contributed by atoms with Crippen molar-refractivity contribution in [3.05, 3.63) is 0 Å². The minimum Gasteiger partial charge on any atom is -0.390 e. The number of aliphatic hydroxyl groups excluding tert-OH is 1. The molecule has 0 saturated carbocycles. The monoisotopic (exact) mass is 236 g/mol. The van der Waals surface area contributed by atoms with Crippen LogP contribution < -0.4 is 0 Å². The molecule has 0 aliphatic heterocycles. The van der Waals surface area contributed by atoms with Gasteiger partial charge in [0.05, 0.1) is 12.7 Å². The van der Waals surface area contributed by atoms with Gasteiger partial charge < -0.3 is 9.84 Å². The van der Waals surface area contributed by atoms with Crippen LogP contribution in [0, 0.1) is 12.3 Å². The van der Waals surface area contributed by atoms with Crippen molar-refractivity contribution in [1.82, 2.24) is 0 Å². The Kier molecular flexibility index (Phi) is 5.24. The largest absolute Gasteiger partial charge is 0.390 e. The Bertz CT molecular complexity index is 329. The SMILES string of the molecule is C#CC(C)(CC)OCC(O)CS(=O)(=O)O. The van der Waals surface area contributed by atoms with E-state index in [1.54, 1.807) is 6.92 Å². The van der Waals surface area contributed by atoms with E-state index in [-0.39, 0.29) is 6.61 Å². The van der Waals surface area contributed by atoms with E-state index in [2.05, 4.69) is 5.92 Å². The Labute approximate surface area is 90.2 Å². The van der Waals surface area contributed by atoms with Gasteiger partial charge in [-0.3, -0.25) is 4.55 Å². The molecule has 0 heterocycles. The first-order valence-electron chi connectivity index (χ1n) is 4.47. The highest BCUT2D eigenvalue weighted by Gasteiger charge is 2.22. The number of hydrogen-bond donors (Lipinski definition) is 2. The molecule has 0 aliphatic rings. The highest BCUT2D eigenvalue weighted by atomic mass is 32.2. The maximum Gasteiger partial charge on any atom is 0.267 e. The number of ether oxygens (including phenoxy) is 1. The predicted octanol–water partition coefficient (Wildman–Crippen LogP) is 0.0536. The second kappa shape index (κ2) is 5.47. The van der Waals surface area contributed by atoms with Gasteiger partial charge in [-0.05, 0) is 13.3 Å². The van der Waals surface area contributed by atoms with Gasteiger partial charge in [-0.1, -0.05) is 12.8 Å². The van der Waals surface area contributed by atoms with Gasteiger partial charge in [0, 0.05) is 0 Å². The molecule has 0 aromatic rings. The van der Waals surface area contributed by atoms with Gasteiger partial charge in [-0.25, -0.2) is 0 Å². The molecule has 88 valence electrons. The zero-order valence-electron chi connectivity index (χ0n) is 8.80. The number of rotatable bonds is 6. The molecule has 0 spiro atoms. The Morgan fingerprint density at radius 2 is 2.13 bits per heavy atom. The normalized spacial score (nSPS) is 17.8. The van der Waals surface area contributed by atoms with Crippen LogP contribution in [0.4, 0.5) is 0 Å². The van der Waals surface area contributed by atoms with Gasteiger partial charge in [0.1, 0.15) is 11.4 Å². The molecule has 0 fully saturated rings. The number of aliphatic hydroxyl groups is 1. The summed E-state index contributed by atoms with van der Waals surface area (Å²) in [4.78, 5) is 0. The zero-order valence-corrected chi connectivity index (χ0v) is 9.62. The third-order valence-electron chi connectivity index (χ3n) is 1.98. The van der Waals surface area contributed by atoms with Gasteiger partial charge in [0.25, 0.3) is 10.1 Å². The van der Waals surface area contributed by atoms with E-state index >= 15 is 0 Å². The van der Waals surface area contributed by atoms with Crippen LogP contribution in [0.3, 0.4) is 0 Å². The van der Waals surface area contributed by atoms with Crippen molar-refractivity contribution in [2.75, 3.05) is 12.4 Å². The summed E-state index contributed by atoms with van der Waals surface area (Å²) in [5.74, 6) is 1.65. The Balaban J connectivity index is 4.13. The highest BCUT2D eigenvalue weighted by Crippen LogP contribution is 2.13. The standard InChI is InChI=1S/C9H16O5S/c1-4-9(3,5-2)14-6-8(10)7-15(11,12)13/h1,8,10H,5-7H2,2-3H3,(H,11,12,13). The van der Waals surface area contributed by atoms with Gasteiger partial charge in [-0.2, -0.15) is 8.42 Å². The molecule has 0 rings (SSSR count). The van der Waals surface area contributed by atoms with E-state index in [9.17, 15) is 13.5 Å². The number of terminal acetylenes is 1. The lowest BCUT2D eigenvalue weighted by Crippen LogP contribution is -2.33. The fourth-order valence-electron chi connectivity index (χ4n) is 0.817. The van der Waals surface area contributed by atoms with Crippen molar-refractivity contribution in [3.8, 4) is 12.3 Å². The van der Waals surface area contributed by atoms with Crippen molar-refractivity contribution >= 4 is 10.1 Å². The van der Waals surface area contributed by atoms with Crippen LogP contribution >= 0.6 is 0 Å². The zero-order chi connectivity index (χ0) is 12.1. The molecule has 0 saturated heterocycles. The first-order valence-corrected chi connectivity index (χ1v) is 6.08. The molecule has 0 amide bonds. The van der Waals surface area contributed by atoms with Gasteiger partial charge in [0.15, 0.2) is 0 Å². The van der Waals surface area contributed by atoms with Crippen LogP contribution in [-0.2, 0) is 14.9 Å². The second-order valence-electron chi connectivity index (χ2n) is 3.44. The summed E-state index contributed by atoms with van der Waals surface area (Å²) in [7, 11) is -4.19. The van der Waals surface area contributed by atoms with E-state index in [0.29, 0.717) is 6.42 Å². The summed E-state index contributed by atoms with van der Waals surface area (Å²) in [6, 6.07) is 0. The second-order valence-corrected chi connectivity index (χ2v) is 4.94. The summed E-state index contributed by atoms with van der Waals surface area (Å²) in [5.41, 5.74) is -0.819. The molecule has 0 aromatic heterocycles. The van der Waals surface area contributed by atoms with E-state index in [1.165, 1.54) is 0 Å². The predicted molar refractivity (Wildman–Crippen MR) is 55.9 cm³/mol. The Hall–Kier alpha value is -0.610. The lowest BCUT2D eigenvalue weighted by molar-refractivity contribution is -0.0327. The van der Waals surface area contributed by atoms with Gasteiger partial charge in [0.2, 0.25) is 0 Å². The lowest BCUT2D eigenvalue weighted by Gasteiger charge is -2.23. The first-order chi connectivity index (χ1) is 6.72. The van der Waals surface area contributed by atoms with Gasteiger partial charge >= 0.3 is 0 Å². The molecule has 0 aliphatic carbocycles. The average Bonchev–Trinajstić information content (AvgIpc) is 2.12. The molecular formula is C9H16O5S. The third-order valence-corrected chi connectivity index (χ3v) is 2.78. The fourth-order valence-corrected chi connectivity index (χ4v) is 1.40. The smallest absolute Gasteiger partial charge is 0.267 e. The molecule has 0 bridgehead atoms. The van der Waals surface area contributed by atoms with Crippen LogP contribution in [0.5, 0.6) is 0 Å². The Morgan fingerprint density at radius 3 is 2.47 bits per heavy atom. The molecule has 0 radical (unpaired) electrons. The molecule has 6 heteroatoms. The van der Waals surface area contributed by atoms with Crippen molar-refractivity contribution in [2.45, 2.75) is 32.0 Å². The fraction of sp³-hybridized carbons (Fsp3) is 0.778. The van der Waals surface area contributed by atoms with Crippen LogP contribution in [0.15, 0.2) is 0 Å². The number of hydrogen-bond acceptors (Lipinski definition) is 4. The van der Waals surface area contributed by atoms with E-state index in [4.69, 9.17) is 15.7 Å². The topological polar surface area (TPSA) is 83.8 Å². The van der Waals surface area contributed by atoms with E-state index < -0.39 is 27.6 Å². The minimum absolute atomic E-state index is 0.228. The molecule has 2 unspecified atom stereocenters. The molecule has 2 atom stereocenters. The molecule has 2 N–H and O–H groups in total. The van der Waals surface area contributed by atoms with Crippen LogP contribution in [-0.4, -0.2) is 42.1 Å². The average molecular weight is 236 g/mol.